The van der Waals surface area contributed by atoms with Crippen LogP contribution in [0.15, 0.2) is 24.3 Å². The number of benzene rings is 1. The second kappa shape index (κ2) is 9.37. The first-order chi connectivity index (χ1) is 9.71. The molecule has 112 valence electrons. The molecule has 1 atom stereocenters. The zero-order valence-corrected chi connectivity index (χ0v) is 12.6. The standard InChI is InChI=1S/C16H25NO3/c1-4-15(13-8-10-14(19-3)11-9-13)17-12-6-7-16(18)20-5-2/h8-11,15,17H,4-7,12H2,1-3H3. The van der Waals surface area contributed by atoms with E-state index in [0.29, 0.717) is 19.1 Å². The van der Waals surface area contributed by atoms with Gasteiger partial charge in [-0.2, -0.15) is 0 Å². The second-order valence-electron chi connectivity index (χ2n) is 4.60. The highest BCUT2D eigenvalue weighted by Crippen LogP contribution is 2.20. The molecule has 20 heavy (non-hydrogen) atoms. The minimum Gasteiger partial charge on any atom is -0.497 e. The zero-order chi connectivity index (χ0) is 14.8. The number of rotatable bonds is 9. The van der Waals surface area contributed by atoms with Gasteiger partial charge in [-0.05, 0) is 44.0 Å². The largest absolute Gasteiger partial charge is 0.497 e. The Bertz CT molecular complexity index is 389. The smallest absolute Gasteiger partial charge is 0.305 e. The maximum Gasteiger partial charge on any atom is 0.305 e. The van der Waals surface area contributed by atoms with Crippen molar-refractivity contribution in [2.45, 2.75) is 39.2 Å². The SMILES string of the molecule is CCOC(=O)CCCNC(CC)c1ccc(OC)cc1. The molecule has 0 aliphatic carbocycles. The Labute approximate surface area is 121 Å². The second-order valence-corrected chi connectivity index (χ2v) is 4.60. The molecule has 4 nitrogen and oxygen atoms in total. The Hall–Kier alpha value is -1.55. The van der Waals surface area contributed by atoms with Crippen molar-refractivity contribution in [1.82, 2.24) is 5.32 Å². The van der Waals surface area contributed by atoms with Crippen LogP contribution in [-0.2, 0) is 9.53 Å². The average Bonchev–Trinajstić information content (AvgIpc) is 2.48. The minimum atomic E-state index is -0.119. The Morgan fingerprint density at radius 2 is 1.95 bits per heavy atom. The van der Waals surface area contributed by atoms with Gasteiger partial charge in [-0.15, -0.1) is 0 Å². The molecule has 1 unspecified atom stereocenters. The van der Waals surface area contributed by atoms with Gasteiger partial charge >= 0.3 is 5.97 Å². The van der Waals surface area contributed by atoms with Crippen LogP contribution in [0.1, 0.15) is 44.7 Å². The normalized spacial score (nSPS) is 11.9. The van der Waals surface area contributed by atoms with Crippen molar-refractivity contribution in [2.24, 2.45) is 0 Å². The first-order valence-electron chi connectivity index (χ1n) is 7.24. The Morgan fingerprint density at radius 3 is 2.50 bits per heavy atom. The monoisotopic (exact) mass is 279 g/mol. The van der Waals surface area contributed by atoms with Crippen LogP contribution in [0, 0.1) is 0 Å². The molecule has 0 fully saturated rings. The quantitative estimate of drug-likeness (QED) is 0.557. The van der Waals surface area contributed by atoms with Gasteiger partial charge in [0.1, 0.15) is 5.75 Å². The van der Waals surface area contributed by atoms with Crippen LogP contribution in [0.2, 0.25) is 0 Å². The molecular weight excluding hydrogens is 254 g/mol. The van der Waals surface area contributed by atoms with Crippen LogP contribution in [0.3, 0.4) is 0 Å². The topological polar surface area (TPSA) is 47.6 Å². The molecular formula is C16H25NO3. The van der Waals surface area contributed by atoms with Crippen molar-refractivity contribution in [3.8, 4) is 5.75 Å². The highest BCUT2D eigenvalue weighted by atomic mass is 16.5. The summed E-state index contributed by atoms with van der Waals surface area (Å²) < 4.78 is 10.1. The van der Waals surface area contributed by atoms with Crippen LogP contribution in [-0.4, -0.2) is 26.2 Å². The Kier molecular flexibility index (Phi) is 7.73. The molecule has 0 saturated carbocycles. The van der Waals surface area contributed by atoms with Gasteiger partial charge in [-0.25, -0.2) is 0 Å². The summed E-state index contributed by atoms with van der Waals surface area (Å²) >= 11 is 0. The van der Waals surface area contributed by atoms with Crippen LogP contribution in [0.4, 0.5) is 0 Å². The van der Waals surface area contributed by atoms with Gasteiger partial charge in [-0.1, -0.05) is 19.1 Å². The molecule has 0 aliphatic rings. The van der Waals surface area contributed by atoms with Crippen LogP contribution >= 0.6 is 0 Å². The number of hydrogen-bond acceptors (Lipinski definition) is 4. The highest BCUT2D eigenvalue weighted by molar-refractivity contribution is 5.69. The van der Waals surface area contributed by atoms with Crippen molar-refractivity contribution >= 4 is 5.97 Å². The number of methoxy groups -OCH3 is 1. The number of hydrogen-bond donors (Lipinski definition) is 1. The fourth-order valence-electron chi connectivity index (χ4n) is 2.08. The van der Waals surface area contributed by atoms with Gasteiger partial charge in [0.05, 0.1) is 13.7 Å². The summed E-state index contributed by atoms with van der Waals surface area (Å²) in [6, 6.07) is 8.40. The van der Waals surface area contributed by atoms with E-state index in [9.17, 15) is 4.79 Å². The van der Waals surface area contributed by atoms with Gasteiger partial charge in [0.15, 0.2) is 0 Å². The maximum absolute atomic E-state index is 11.2. The predicted molar refractivity (Wildman–Crippen MR) is 79.9 cm³/mol. The zero-order valence-electron chi connectivity index (χ0n) is 12.6. The predicted octanol–water partition coefficient (Wildman–Crippen LogP) is 3.08. The van der Waals surface area contributed by atoms with Crippen molar-refractivity contribution in [2.75, 3.05) is 20.3 Å². The third-order valence-electron chi connectivity index (χ3n) is 3.18. The summed E-state index contributed by atoms with van der Waals surface area (Å²) in [5.74, 6) is 0.748. The van der Waals surface area contributed by atoms with Crippen molar-refractivity contribution in [3.05, 3.63) is 29.8 Å². The van der Waals surface area contributed by atoms with Crippen LogP contribution in [0.5, 0.6) is 5.75 Å². The lowest BCUT2D eigenvalue weighted by atomic mass is 10.0. The number of esters is 1. The highest BCUT2D eigenvalue weighted by Gasteiger charge is 2.09. The summed E-state index contributed by atoms with van der Waals surface area (Å²) in [4.78, 5) is 11.2. The molecule has 4 heteroatoms. The van der Waals surface area contributed by atoms with Crippen molar-refractivity contribution < 1.29 is 14.3 Å². The van der Waals surface area contributed by atoms with Gasteiger partial charge < -0.3 is 14.8 Å². The lowest BCUT2D eigenvalue weighted by Crippen LogP contribution is -2.22. The van der Waals surface area contributed by atoms with E-state index in [4.69, 9.17) is 9.47 Å². The molecule has 0 aromatic heterocycles. The van der Waals surface area contributed by atoms with E-state index in [1.807, 2.05) is 19.1 Å². The fraction of sp³-hybridized carbons (Fsp3) is 0.562. The summed E-state index contributed by atoms with van der Waals surface area (Å²) in [5.41, 5.74) is 1.24. The fourth-order valence-corrected chi connectivity index (χ4v) is 2.08. The molecule has 0 aliphatic heterocycles. The van der Waals surface area contributed by atoms with E-state index < -0.39 is 0 Å². The maximum atomic E-state index is 11.2. The summed E-state index contributed by atoms with van der Waals surface area (Å²) in [6.07, 6.45) is 2.27. The molecule has 1 aromatic rings. The molecule has 1 N–H and O–H groups in total. The Morgan fingerprint density at radius 1 is 1.25 bits per heavy atom. The third-order valence-corrected chi connectivity index (χ3v) is 3.18. The van der Waals surface area contributed by atoms with E-state index in [0.717, 1.165) is 25.1 Å². The van der Waals surface area contributed by atoms with Gasteiger partial charge in [0.25, 0.3) is 0 Å². The molecule has 0 radical (unpaired) electrons. The lowest BCUT2D eigenvalue weighted by Gasteiger charge is -2.17. The number of nitrogens with one attached hydrogen (secondary N) is 1. The molecule has 0 heterocycles. The van der Waals surface area contributed by atoms with Crippen LogP contribution < -0.4 is 10.1 Å². The molecule has 1 rings (SSSR count). The molecule has 0 bridgehead atoms. The molecule has 0 saturated heterocycles. The van der Waals surface area contributed by atoms with Gasteiger partial charge in [-0.3, -0.25) is 4.79 Å². The Balaban J connectivity index is 2.37. The molecule has 1 aromatic carbocycles. The van der Waals surface area contributed by atoms with E-state index >= 15 is 0 Å². The lowest BCUT2D eigenvalue weighted by molar-refractivity contribution is -0.143. The first-order valence-corrected chi connectivity index (χ1v) is 7.24. The third kappa shape index (κ3) is 5.61. The van der Waals surface area contributed by atoms with E-state index in [1.54, 1.807) is 7.11 Å². The number of carbonyl (C=O) groups is 1. The van der Waals surface area contributed by atoms with E-state index in [1.165, 1.54) is 5.56 Å². The number of carbonyl (C=O) groups excluding carboxylic acids is 1. The average molecular weight is 279 g/mol. The van der Waals surface area contributed by atoms with Gasteiger partial charge in [0.2, 0.25) is 0 Å². The minimum absolute atomic E-state index is 0.119. The molecule has 0 spiro atoms. The number of ether oxygens (including phenoxy) is 2. The summed E-state index contributed by atoms with van der Waals surface area (Å²) in [6.45, 7) is 5.24. The summed E-state index contributed by atoms with van der Waals surface area (Å²) in [5, 5.41) is 3.47. The van der Waals surface area contributed by atoms with Crippen LogP contribution in [0.25, 0.3) is 0 Å². The molecule has 0 amide bonds. The summed E-state index contributed by atoms with van der Waals surface area (Å²) in [7, 11) is 1.67. The van der Waals surface area contributed by atoms with E-state index in [2.05, 4.69) is 24.4 Å². The first kappa shape index (κ1) is 16.5. The van der Waals surface area contributed by atoms with Crippen molar-refractivity contribution in [3.63, 3.8) is 0 Å². The van der Waals surface area contributed by atoms with Gasteiger partial charge in [0, 0.05) is 12.5 Å². The van der Waals surface area contributed by atoms with Crippen molar-refractivity contribution in [1.29, 1.82) is 0 Å². The van der Waals surface area contributed by atoms with E-state index in [-0.39, 0.29) is 5.97 Å².